The number of fused-ring (bicyclic) bond motifs is 5. The summed E-state index contributed by atoms with van der Waals surface area (Å²) in [6.45, 7) is 16.2. The number of carbonyl (C=O) groups is 6. The molecule has 12 heteroatoms. The van der Waals surface area contributed by atoms with Crippen molar-refractivity contribution in [2.24, 2.45) is 46.3 Å². The number of rotatable bonds is 44. The number of allylic oxidation sites excluding steroid dienone is 4. The number of Topliss-reactive ketones (excluding diaryl/α,β-unsaturated/α-hetero) is 1. The van der Waals surface area contributed by atoms with E-state index in [-0.39, 0.29) is 80.3 Å². The van der Waals surface area contributed by atoms with Crippen LogP contribution in [0.4, 0.5) is 4.79 Å². The third-order valence-electron chi connectivity index (χ3n) is 20.9. The Labute approximate surface area is 533 Å². The fraction of sp³-hybridized carbons (Fsp3) is 0.789. The Balaban J connectivity index is 1.00. The molecule has 0 radical (unpaired) electrons. The van der Waals surface area contributed by atoms with Gasteiger partial charge in [-0.15, -0.1) is 0 Å². The summed E-state index contributed by atoms with van der Waals surface area (Å²) < 4.78 is 34.5. The van der Waals surface area contributed by atoms with E-state index in [0.717, 1.165) is 121 Å². The SMILES string of the molecule is CCCCCCCC/C=C\CCCCCCCC(=O)OCC(COC(=O)CCCCCCC/C=C\CCCCCCCC)OC(=O)CC(C)CC(=O)Oc1c(C)cc(COC(=O)O[C@H]2CC[C@@]3(C)C(CC[C@@H]4C3CC[C@@]3(C)C4CC[C@@H]3C(C)=O)C2)cc1C. The average Bonchev–Trinajstić information content (AvgIpc) is 1.85. The first-order valence-corrected chi connectivity index (χ1v) is 35.9. The molecule has 12 nitrogen and oxygen atoms in total. The molecule has 4 saturated carbocycles. The molecule has 0 aromatic heterocycles. The maximum atomic E-state index is 13.4. The Kier molecular flexibility index (Phi) is 34.7. The lowest BCUT2D eigenvalue weighted by Crippen LogP contribution is -2.54. The first-order valence-electron chi connectivity index (χ1n) is 35.9. The van der Waals surface area contributed by atoms with Crippen molar-refractivity contribution in [3.05, 3.63) is 53.1 Å². The van der Waals surface area contributed by atoms with Gasteiger partial charge in [-0.3, -0.25) is 24.0 Å². The maximum Gasteiger partial charge on any atom is 0.508 e. The molecule has 4 fully saturated rings. The molecule has 0 N–H and O–H groups in total. The van der Waals surface area contributed by atoms with Crippen molar-refractivity contribution in [3.8, 4) is 5.75 Å². The van der Waals surface area contributed by atoms with Gasteiger partial charge in [0.2, 0.25) is 0 Å². The second kappa shape index (κ2) is 41.1. The summed E-state index contributed by atoms with van der Waals surface area (Å²) in [5, 5.41) is 0. The zero-order chi connectivity index (χ0) is 63.6. The molecule has 9 atom stereocenters. The van der Waals surface area contributed by atoms with E-state index in [2.05, 4.69) is 52.0 Å². The highest BCUT2D eigenvalue weighted by Crippen LogP contribution is 2.67. The van der Waals surface area contributed by atoms with E-state index in [1.165, 1.54) is 96.3 Å². The summed E-state index contributed by atoms with van der Waals surface area (Å²) in [7, 11) is 0. The average molecular weight is 1230 g/mol. The lowest BCUT2D eigenvalue weighted by molar-refractivity contribution is -0.167. The summed E-state index contributed by atoms with van der Waals surface area (Å²) in [5.74, 6) is 1.14. The summed E-state index contributed by atoms with van der Waals surface area (Å²) in [6.07, 6.45) is 47.6. The van der Waals surface area contributed by atoms with E-state index < -0.39 is 30.1 Å². The smallest absolute Gasteiger partial charge is 0.462 e. The topological polar surface area (TPSA) is 158 Å². The molecule has 0 aliphatic heterocycles. The van der Waals surface area contributed by atoms with Gasteiger partial charge in [-0.1, -0.05) is 162 Å². The second-order valence-electron chi connectivity index (χ2n) is 28.2. The number of hydrogen-bond acceptors (Lipinski definition) is 12. The molecule has 0 heterocycles. The summed E-state index contributed by atoms with van der Waals surface area (Å²) in [4.78, 5) is 78.3. The fourth-order valence-electron chi connectivity index (χ4n) is 15.9. The first kappa shape index (κ1) is 74.2. The van der Waals surface area contributed by atoms with Crippen LogP contribution in [0, 0.1) is 60.2 Å². The van der Waals surface area contributed by atoms with Gasteiger partial charge in [-0.2, -0.15) is 0 Å². The minimum absolute atomic E-state index is 0.0159. The number of unbranched alkanes of at least 4 members (excludes halogenated alkanes) is 22. The Morgan fingerprint density at radius 3 is 1.55 bits per heavy atom. The van der Waals surface area contributed by atoms with E-state index in [9.17, 15) is 28.8 Å². The monoisotopic (exact) mass is 1230 g/mol. The molecule has 0 saturated heterocycles. The van der Waals surface area contributed by atoms with Crippen molar-refractivity contribution in [1.29, 1.82) is 0 Å². The highest BCUT2D eigenvalue weighted by molar-refractivity contribution is 5.79. The molecule has 5 rings (SSSR count). The van der Waals surface area contributed by atoms with Crippen LogP contribution in [0.3, 0.4) is 0 Å². The Morgan fingerprint density at radius 1 is 0.545 bits per heavy atom. The van der Waals surface area contributed by atoms with Gasteiger partial charge in [-0.25, -0.2) is 4.79 Å². The molecule has 1 aromatic carbocycles. The van der Waals surface area contributed by atoms with Gasteiger partial charge in [0.25, 0.3) is 0 Å². The molecule has 1 aromatic rings. The second-order valence-corrected chi connectivity index (χ2v) is 28.2. The van der Waals surface area contributed by atoms with Gasteiger partial charge in [0.1, 0.15) is 37.5 Å². The van der Waals surface area contributed by atoms with Crippen LogP contribution in [-0.2, 0) is 54.3 Å². The van der Waals surface area contributed by atoms with Gasteiger partial charge in [0.05, 0.1) is 0 Å². The van der Waals surface area contributed by atoms with Gasteiger partial charge in [0, 0.05) is 31.6 Å². The third-order valence-corrected chi connectivity index (χ3v) is 20.9. The van der Waals surface area contributed by atoms with Crippen LogP contribution < -0.4 is 4.74 Å². The highest BCUT2D eigenvalue weighted by atomic mass is 16.7. The number of aryl methyl sites for hydroxylation is 2. The molecule has 498 valence electrons. The fourth-order valence-corrected chi connectivity index (χ4v) is 15.9. The quantitative estimate of drug-likeness (QED) is 0.0200. The number of esters is 4. The predicted molar refractivity (Wildman–Crippen MR) is 352 cm³/mol. The largest absolute Gasteiger partial charge is 0.508 e. The predicted octanol–water partition coefficient (Wildman–Crippen LogP) is 20.0. The van der Waals surface area contributed by atoms with Crippen LogP contribution in [-0.4, -0.2) is 61.2 Å². The third kappa shape index (κ3) is 26.0. The normalized spacial score (nSPS) is 23.5. The van der Waals surface area contributed by atoms with Gasteiger partial charge >= 0.3 is 30.0 Å². The minimum Gasteiger partial charge on any atom is -0.462 e. The number of ketones is 1. The Hall–Kier alpha value is -4.48. The molecular formula is C76H122O12. The zero-order valence-corrected chi connectivity index (χ0v) is 56.7. The van der Waals surface area contributed by atoms with E-state index >= 15 is 0 Å². The van der Waals surface area contributed by atoms with Crippen LogP contribution in [0.5, 0.6) is 5.75 Å². The first-order chi connectivity index (χ1) is 42.5. The highest BCUT2D eigenvalue weighted by Gasteiger charge is 2.61. The van der Waals surface area contributed by atoms with E-state index in [1.54, 1.807) is 13.8 Å². The maximum absolute atomic E-state index is 13.4. The number of ether oxygens (including phenoxy) is 6. The molecule has 4 aliphatic carbocycles. The van der Waals surface area contributed by atoms with Crippen molar-refractivity contribution < 1.29 is 57.2 Å². The van der Waals surface area contributed by atoms with Crippen molar-refractivity contribution in [2.45, 2.75) is 325 Å². The number of benzene rings is 1. The van der Waals surface area contributed by atoms with Crippen molar-refractivity contribution in [1.82, 2.24) is 0 Å². The Morgan fingerprint density at radius 2 is 1.02 bits per heavy atom. The Bertz CT molecular complexity index is 2220. The molecular weight excluding hydrogens is 1100 g/mol. The molecule has 88 heavy (non-hydrogen) atoms. The minimum atomic E-state index is -0.990. The van der Waals surface area contributed by atoms with E-state index in [0.29, 0.717) is 59.2 Å². The summed E-state index contributed by atoms with van der Waals surface area (Å²) in [5.41, 5.74) is 2.52. The summed E-state index contributed by atoms with van der Waals surface area (Å²) >= 11 is 0. The van der Waals surface area contributed by atoms with Gasteiger partial charge in [-0.05, 0) is 212 Å². The van der Waals surface area contributed by atoms with Crippen LogP contribution in [0.15, 0.2) is 36.4 Å². The zero-order valence-electron chi connectivity index (χ0n) is 56.7. The number of carbonyl (C=O) groups excluding carboxylic acids is 6. The molecule has 0 spiro atoms. The van der Waals surface area contributed by atoms with Crippen LogP contribution in [0.1, 0.15) is 309 Å². The van der Waals surface area contributed by atoms with Crippen LogP contribution in [0.25, 0.3) is 0 Å². The number of hydrogen-bond donors (Lipinski definition) is 0. The van der Waals surface area contributed by atoms with Gasteiger partial charge < -0.3 is 28.4 Å². The van der Waals surface area contributed by atoms with E-state index in [1.807, 2.05) is 26.0 Å². The van der Waals surface area contributed by atoms with Crippen molar-refractivity contribution in [2.75, 3.05) is 13.2 Å². The molecule has 4 aliphatic rings. The molecule has 0 amide bonds. The standard InChI is InChI=1S/C76H122O12/c1-9-11-13-15-17-19-21-23-25-27-29-31-33-35-37-39-69(78)83-55-64(56-84-70(79)40-38-36-34-32-30-28-26-24-22-20-18-16-14-12-10-2)86-71(80)49-57(3)50-72(81)88-73-58(4)51-61(52-59(73)5)54-85-74(82)87-63-45-47-75(7)62(53-63)41-42-65-67-44-43-66(60(6)77)76(67,8)48-46-68(65)75/h23-26,51-52,57,62-68H,9-22,27-50,53-56H2,1-8H3/b25-23-,26-24-/t57?,62?,63-,65-,66+,67?,68?,75-,76+/m0/s1. The van der Waals surface area contributed by atoms with Crippen molar-refractivity contribution in [3.63, 3.8) is 0 Å². The van der Waals surface area contributed by atoms with Crippen LogP contribution >= 0.6 is 0 Å². The van der Waals surface area contributed by atoms with Crippen LogP contribution in [0.2, 0.25) is 0 Å². The van der Waals surface area contributed by atoms with E-state index in [4.69, 9.17) is 28.4 Å². The van der Waals surface area contributed by atoms with Gasteiger partial charge in [0.15, 0.2) is 6.10 Å². The molecule has 0 bridgehead atoms. The lowest BCUT2D eigenvalue weighted by atomic mass is 9.44. The lowest BCUT2D eigenvalue weighted by Gasteiger charge is -2.61. The molecule has 4 unspecified atom stereocenters. The van der Waals surface area contributed by atoms with Crippen molar-refractivity contribution >= 4 is 35.8 Å². The summed E-state index contributed by atoms with van der Waals surface area (Å²) in [6, 6.07) is 3.67.